The maximum absolute atomic E-state index is 12.1. The van der Waals surface area contributed by atoms with Gasteiger partial charge >= 0.3 is 0 Å². The Labute approximate surface area is 120 Å². The van der Waals surface area contributed by atoms with Gasteiger partial charge in [-0.1, -0.05) is 29.3 Å². The number of benzene rings is 1. The number of aromatic nitrogens is 1. The van der Waals surface area contributed by atoms with Crippen molar-refractivity contribution in [1.29, 1.82) is 0 Å². The molecule has 0 radical (unpaired) electrons. The Hall–Kier alpha value is -1.78. The first-order valence-electron chi connectivity index (χ1n) is 5.46. The van der Waals surface area contributed by atoms with Crippen molar-refractivity contribution in [2.75, 3.05) is 11.1 Å². The number of halogens is 2. The smallest absolute Gasteiger partial charge is 0.255 e. The zero-order valence-electron chi connectivity index (χ0n) is 10.1. The Bertz CT molecular complexity index is 624. The summed E-state index contributed by atoms with van der Waals surface area (Å²) in [6.07, 6.45) is 0. The molecule has 3 N–H and O–H groups in total. The van der Waals surface area contributed by atoms with E-state index in [1.165, 1.54) is 12.1 Å². The Kier molecular flexibility index (Phi) is 3.93. The third-order valence-electron chi connectivity index (χ3n) is 2.52. The molecule has 1 amide bonds. The number of pyridine rings is 1. The van der Waals surface area contributed by atoms with Crippen molar-refractivity contribution < 1.29 is 4.79 Å². The number of nitrogen functional groups attached to an aromatic ring is 1. The van der Waals surface area contributed by atoms with Crippen LogP contribution in [0, 0.1) is 6.92 Å². The molecule has 1 aromatic carbocycles. The van der Waals surface area contributed by atoms with Gasteiger partial charge in [-0.3, -0.25) is 4.79 Å². The lowest BCUT2D eigenvalue weighted by Crippen LogP contribution is -2.13. The van der Waals surface area contributed by atoms with E-state index in [9.17, 15) is 4.79 Å². The number of nitrogens with one attached hydrogen (secondary N) is 1. The van der Waals surface area contributed by atoms with E-state index in [1.54, 1.807) is 12.1 Å². The normalized spacial score (nSPS) is 10.3. The summed E-state index contributed by atoms with van der Waals surface area (Å²) < 4.78 is 0. The summed E-state index contributed by atoms with van der Waals surface area (Å²) in [5.74, 6) is -0.123. The van der Waals surface area contributed by atoms with Gasteiger partial charge in [-0.05, 0) is 36.8 Å². The summed E-state index contributed by atoms with van der Waals surface area (Å²) in [7, 11) is 0. The van der Waals surface area contributed by atoms with Gasteiger partial charge in [0, 0.05) is 16.3 Å². The molecular weight excluding hydrogens is 285 g/mol. The predicted molar refractivity (Wildman–Crippen MR) is 77.8 cm³/mol. The highest BCUT2D eigenvalue weighted by molar-refractivity contribution is 6.31. The molecule has 0 aliphatic rings. The van der Waals surface area contributed by atoms with Crippen LogP contribution in [0.25, 0.3) is 0 Å². The second kappa shape index (κ2) is 5.47. The maximum atomic E-state index is 12.1. The molecule has 0 aliphatic heterocycles. The van der Waals surface area contributed by atoms with Gasteiger partial charge in [-0.2, -0.15) is 0 Å². The summed E-state index contributed by atoms with van der Waals surface area (Å²) in [6, 6.07) is 8.18. The average molecular weight is 296 g/mol. The van der Waals surface area contributed by atoms with Crippen LogP contribution in [0.3, 0.4) is 0 Å². The standard InChI is InChI=1S/C13H11Cl2N3O/c1-7-2-3-9(14)6-10(7)17-13(19)8-4-11(15)18-12(16)5-8/h2-6H,1H3,(H2,16,18)(H,17,19). The van der Waals surface area contributed by atoms with Crippen LogP contribution < -0.4 is 11.1 Å². The molecule has 0 bridgehead atoms. The number of nitrogens with zero attached hydrogens (tertiary/aromatic N) is 1. The highest BCUT2D eigenvalue weighted by Crippen LogP contribution is 2.21. The van der Waals surface area contributed by atoms with Crippen LogP contribution in [0.4, 0.5) is 11.5 Å². The van der Waals surface area contributed by atoms with E-state index >= 15 is 0 Å². The molecule has 1 aromatic heterocycles. The quantitative estimate of drug-likeness (QED) is 0.833. The molecule has 0 saturated heterocycles. The minimum absolute atomic E-state index is 0.174. The minimum atomic E-state index is -0.318. The van der Waals surface area contributed by atoms with E-state index < -0.39 is 0 Å². The third-order valence-corrected chi connectivity index (χ3v) is 2.95. The van der Waals surface area contributed by atoms with Crippen molar-refractivity contribution >= 4 is 40.6 Å². The van der Waals surface area contributed by atoms with Crippen molar-refractivity contribution in [3.05, 3.63) is 51.6 Å². The van der Waals surface area contributed by atoms with Crippen LogP contribution in [-0.2, 0) is 0 Å². The van der Waals surface area contributed by atoms with Crippen molar-refractivity contribution in [1.82, 2.24) is 4.98 Å². The van der Waals surface area contributed by atoms with Crippen LogP contribution in [0.15, 0.2) is 30.3 Å². The van der Waals surface area contributed by atoms with Crippen molar-refractivity contribution in [2.24, 2.45) is 0 Å². The fraction of sp³-hybridized carbons (Fsp3) is 0.0769. The van der Waals surface area contributed by atoms with E-state index in [-0.39, 0.29) is 16.9 Å². The molecule has 0 fully saturated rings. The second-order valence-corrected chi connectivity index (χ2v) is 4.84. The number of hydrogen-bond donors (Lipinski definition) is 2. The summed E-state index contributed by atoms with van der Waals surface area (Å²) >= 11 is 11.7. The Morgan fingerprint density at radius 1 is 1.26 bits per heavy atom. The van der Waals surface area contributed by atoms with Gasteiger partial charge in [0.05, 0.1) is 0 Å². The van der Waals surface area contributed by atoms with E-state index in [0.717, 1.165) is 5.56 Å². The largest absolute Gasteiger partial charge is 0.384 e. The fourth-order valence-corrected chi connectivity index (χ4v) is 1.96. The lowest BCUT2D eigenvalue weighted by Gasteiger charge is -2.09. The maximum Gasteiger partial charge on any atom is 0.255 e. The highest BCUT2D eigenvalue weighted by atomic mass is 35.5. The number of amides is 1. The van der Waals surface area contributed by atoms with Gasteiger partial charge in [0.25, 0.3) is 5.91 Å². The van der Waals surface area contributed by atoms with E-state index in [4.69, 9.17) is 28.9 Å². The summed E-state index contributed by atoms with van der Waals surface area (Å²) in [5.41, 5.74) is 7.44. The summed E-state index contributed by atoms with van der Waals surface area (Å²) in [6.45, 7) is 1.87. The zero-order valence-corrected chi connectivity index (χ0v) is 11.6. The number of anilines is 2. The van der Waals surface area contributed by atoms with Crippen LogP contribution in [0.2, 0.25) is 10.2 Å². The van der Waals surface area contributed by atoms with Crippen molar-refractivity contribution in [2.45, 2.75) is 6.92 Å². The molecule has 98 valence electrons. The van der Waals surface area contributed by atoms with Crippen LogP contribution in [-0.4, -0.2) is 10.9 Å². The SMILES string of the molecule is Cc1ccc(Cl)cc1NC(=O)c1cc(N)nc(Cl)c1. The molecule has 2 aromatic rings. The van der Waals surface area contributed by atoms with Gasteiger partial charge in [-0.25, -0.2) is 4.98 Å². The van der Waals surface area contributed by atoms with Gasteiger partial charge in [0.2, 0.25) is 0 Å². The predicted octanol–water partition coefficient (Wildman–Crippen LogP) is 3.53. The molecular formula is C13H11Cl2N3O. The van der Waals surface area contributed by atoms with Gasteiger partial charge < -0.3 is 11.1 Å². The lowest BCUT2D eigenvalue weighted by atomic mass is 10.2. The molecule has 0 atom stereocenters. The molecule has 6 heteroatoms. The molecule has 2 rings (SSSR count). The van der Waals surface area contributed by atoms with E-state index in [2.05, 4.69) is 10.3 Å². The minimum Gasteiger partial charge on any atom is -0.384 e. The molecule has 0 spiro atoms. The lowest BCUT2D eigenvalue weighted by molar-refractivity contribution is 0.102. The number of nitrogens with two attached hydrogens (primary N) is 1. The number of rotatable bonds is 2. The van der Waals surface area contributed by atoms with Crippen molar-refractivity contribution in [3.8, 4) is 0 Å². The number of hydrogen-bond acceptors (Lipinski definition) is 3. The van der Waals surface area contributed by atoms with E-state index in [1.807, 2.05) is 13.0 Å². The fourth-order valence-electron chi connectivity index (χ4n) is 1.57. The van der Waals surface area contributed by atoms with Gasteiger partial charge in [0.1, 0.15) is 11.0 Å². The number of aryl methyl sites for hydroxylation is 1. The van der Waals surface area contributed by atoms with E-state index in [0.29, 0.717) is 16.3 Å². The summed E-state index contributed by atoms with van der Waals surface area (Å²) in [4.78, 5) is 15.9. The Morgan fingerprint density at radius 3 is 2.68 bits per heavy atom. The third kappa shape index (κ3) is 3.36. The Balaban J connectivity index is 2.28. The van der Waals surface area contributed by atoms with Gasteiger partial charge in [0.15, 0.2) is 0 Å². The first-order valence-corrected chi connectivity index (χ1v) is 6.22. The molecule has 1 heterocycles. The van der Waals surface area contributed by atoms with Gasteiger partial charge in [-0.15, -0.1) is 0 Å². The monoisotopic (exact) mass is 295 g/mol. The first kappa shape index (κ1) is 13.6. The molecule has 0 saturated carbocycles. The molecule has 4 nitrogen and oxygen atoms in total. The average Bonchev–Trinajstić information content (AvgIpc) is 2.32. The Morgan fingerprint density at radius 2 is 2.00 bits per heavy atom. The number of carbonyl (C=O) groups excluding carboxylic acids is 1. The molecule has 0 aliphatic carbocycles. The highest BCUT2D eigenvalue weighted by Gasteiger charge is 2.10. The van der Waals surface area contributed by atoms with Crippen molar-refractivity contribution in [3.63, 3.8) is 0 Å². The number of carbonyl (C=O) groups is 1. The topological polar surface area (TPSA) is 68.0 Å². The molecule has 19 heavy (non-hydrogen) atoms. The zero-order chi connectivity index (χ0) is 14.0. The van der Waals surface area contributed by atoms with Crippen LogP contribution in [0.5, 0.6) is 0 Å². The van der Waals surface area contributed by atoms with Crippen LogP contribution >= 0.6 is 23.2 Å². The second-order valence-electron chi connectivity index (χ2n) is 4.02. The summed E-state index contributed by atoms with van der Waals surface area (Å²) in [5, 5.41) is 3.48. The van der Waals surface area contributed by atoms with Crippen LogP contribution in [0.1, 0.15) is 15.9 Å². The molecule has 0 unspecified atom stereocenters. The first-order chi connectivity index (χ1) is 8.95.